The van der Waals surface area contributed by atoms with Crippen molar-refractivity contribution < 1.29 is 9.59 Å². The average Bonchev–Trinajstić information content (AvgIpc) is 2.70. The van der Waals surface area contributed by atoms with Crippen molar-refractivity contribution in [2.75, 3.05) is 0 Å². The van der Waals surface area contributed by atoms with E-state index < -0.39 is 10.5 Å². The standard InChI is InChI=1S/C20H20Cl2N4O2S/c1-13(19(27)25-23-11-15-7-3-5-9-17(15)21)29-14(2)20(28)26-24-12-16-8-4-6-10-18(16)22/h3-14H,1-2H3,(H,25,27)(H,26,28)/b23-11-,24-12+/t13-,14-/m0/s1. The van der Waals surface area contributed by atoms with E-state index >= 15 is 0 Å². The number of rotatable bonds is 8. The normalized spacial score (nSPS) is 13.4. The maximum Gasteiger partial charge on any atom is 0.252 e. The number of nitrogens with zero attached hydrogens (tertiary/aromatic N) is 2. The number of thioether (sulfide) groups is 1. The Kier molecular flexibility index (Phi) is 9.18. The van der Waals surface area contributed by atoms with E-state index in [1.165, 1.54) is 24.2 Å². The molecule has 0 saturated heterocycles. The molecule has 2 rings (SSSR count). The number of carbonyl (C=O) groups is 2. The van der Waals surface area contributed by atoms with E-state index in [0.717, 1.165) is 0 Å². The molecule has 0 unspecified atom stereocenters. The summed E-state index contributed by atoms with van der Waals surface area (Å²) in [5, 5.41) is 7.90. The fourth-order valence-corrected chi connectivity index (χ4v) is 3.44. The van der Waals surface area contributed by atoms with E-state index in [0.29, 0.717) is 21.2 Å². The lowest BCUT2D eigenvalue weighted by Gasteiger charge is -2.14. The fraction of sp³-hybridized carbons (Fsp3) is 0.200. The summed E-state index contributed by atoms with van der Waals surface area (Å²) in [4.78, 5) is 24.3. The van der Waals surface area contributed by atoms with E-state index in [-0.39, 0.29) is 11.8 Å². The molecule has 0 spiro atoms. The highest BCUT2D eigenvalue weighted by Gasteiger charge is 2.21. The molecule has 29 heavy (non-hydrogen) atoms. The van der Waals surface area contributed by atoms with Crippen molar-refractivity contribution in [2.45, 2.75) is 24.3 Å². The van der Waals surface area contributed by atoms with Crippen LogP contribution in [0, 0.1) is 0 Å². The van der Waals surface area contributed by atoms with Crippen LogP contribution in [0.5, 0.6) is 0 Å². The summed E-state index contributed by atoms with van der Waals surface area (Å²) in [7, 11) is 0. The van der Waals surface area contributed by atoms with Gasteiger partial charge in [0.25, 0.3) is 11.8 Å². The summed E-state index contributed by atoms with van der Waals surface area (Å²) in [5.41, 5.74) is 6.28. The van der Waals surface area contributed by atoms with Crippen LogP contribution >= 0.6 is 35.0 Å². The van der Waals surface area contributed by atoms with Crippen molar-refractivity contribution >= 4 is 59.2 Å². The van der Waals surface area contributed by atoms with Gasteiger partial charge in [0.1, 0.15) is 0 Å². The van der Waals surface area contributed by atoms with Crippen molar-refractivity contribution in [3.63, 3.8) is 0 Å². The van der Waals surface area contributed by atoms with Gasteiger partial charge < -0.3 is 0 Å². The first-order valence-corrected chi connectivity index (χ1v) is 10.4. The number of benzene rings is 2. The lowest BCUT2D eigenvalue weighted by Crippen LogP contribution is -2.33. The minimum atomic E-state index is -0.494. The third-order valence-electron chi connectivity index (χ3n) is 3.71. The van der Waals surface area contributed by atoms with Crippen LogP contribution in [-0.4, -0.2) is 34.7 Å². The van der Waals surface area contributed by atoms with Crippen LogP contribution in [-0.2, 0) is 9.59 Å². The Labute approximate surface area is 183 Å². The molecule has 0 bridgehead atoms. The van der Waals surface area contributed by atoms with E-state index in [2.05, 4.69) is 21.1 Å². The fourth-order valence-electron chi connectivity index (χ4n) is 2.10. The molecule has 0 aliphatic rings. The van der Waals surface area contributed by atoms with Crippen molar-refractivity contribution in [3.8, 4) is 0 Å². The molecular weight excluding hydrogens is 431 g/mol. The number of hydrogen-bond acceptors (Lipinski definition) is 5. The van der Waals surface area contributed by atoms with E-state index in [9.17, 15) is 9.59 Å². The molecule has 0 saturated carbocycles. The zero-order valence-corrected chi connectivity index (χ0v) is 18.1. The second-order valence-corrected chi connectivity index (χ2v) is 8.43. The number of halogens is 2. The van der Waals surface area contributed by atoms with Crippen molar-refractivity contribution in [1.29, 1.82) is 0 Å². The van der Waals surface area contributed by atoms with Crippen LogP contribution < -0.4 is 10.9 Å². The summed E-state index contributed by atoms with van der Waals surface area (Å²) in [6, 6.07) is 14.3. The maximum atomic E-state index is 12.2. The Hall–Kier alpha value is -2.35. The number of nitrogens with one attached hydrogen (secondary N) is 2. The molecule has 0 fully saturated rings. The van der Waals surface area contributed by atoms with Crippen LogP contribution in [0.15, 0.2) is 58.7 Å². The van der Waals surface area contributed by atoms with Gasteiger partial charge in [0.05, 0.1) is 22.9 Å². The molecule has 0 radical (unpaired) electrons. The maximum absolute atomic E-state index is 12.2. The molecule has 2 aromatic carbocycles. The molecule has 152 valence electrons. The van der Waals surface area contributed by atoms with Crippen LogP contribution in [0.25, 0.3) is 0 Å². The van der Waals surface area contributed by atoms with E-state index in [4.69, 9.17) is 23.2 Å². The van der Waals surface area contributed by atoms with Gasteiger partial charge in [-0.15, -0.1) is 11.8 Å². The Balaban J connectivity index is 1.80. The highest BCUT2D eigenvalue weighted by Crippen LogP contribution is 2.18. The zero-order chi connectivity index (χ0) is 21.2. The van der Waals surface area contributed by atoms with Gasteiger partial charge in [-0.2, -0.15) is 10.2 Å². The molecule has 2 amide bonds. The molecule has 2 N–H and O–H groups in total. The summed E-state index contributed by atoms with van der Waals surface area (Å²) < 4.78 is 0. The van der Waals surface area contributed by atoms with Crippen LogP contribution in [0.4, 0.5) is 0 Å². The molecule has 2 aromatic rings. The minimum absolute atomic E-state index is 0.322. The first kappa shape index (κ1) is 22.9. The van der Waals surface area contributed by atoms with Crippen LogP contribution in [0.1, 0.15) is 25.0 Å². The highest BCUT2D eigenvalue weighted by molar-refractivity contribution is 8.01. The van der Waals surface area contributed by atoms with Crippen LogP contribution in [0.2, 0.25) is 10.0 Å². The van der Waals surface area contributed by atoms with Gasteiger partial charge in [0, 0.05) is 21.2 Å². The van der Waals surface area contributed by atoms with Gasteiger partial charge in [-0.1, -0.05) is 59.6 Å². The predicted octanol–water partition coefficient (Wildman–Crippen LogP) is 4.10. The molecule has 0 aliphatic carbocycles. The first-order chi connectivity index (χ1) is 13.9. The highest BCUT2D eigenvalue weighted by atomic mass is 35.5. The molecular formula is C20H20Cl2N4O2S. The zero-order valence-electron chi connectivity index (χ0n) is 15.8. The Bertz CT molecular complexity index is 847. The third kappa shape index (κ3) is 7.53. The molecule has 0 heterocycles. The third-order valence-corrected chi connectivity index (χ3v) is 5.65. The van der Waals surface area contributed by atoms with Gasteiger partial charge in [0.15, 0.2) is 0 Å². The van der Waals surface area contributed by atoms with Crippen LogP contribution in [0.3, 0.4) is 0 Å². The largest absolute Gasteiger partial charge is 0.272 e. The average molecular weight is 451 g/mol. The van der Waals surface area contributed by atoms with Gasteiger partial charge in [0.2, 0.25) is 0 Å². The summed E-state index contributed by atoms with van der Waals surface area (Å²) in [6.07, 6.45) is 2.94. The lowest BCUT2D eigenvalue weighted by atomic mass is 10.2. The summed E-state index contributed by atoms with van der Waals surface area (Å²) >= 11 is 13.2. The van der Waals surface area contributed by atoms with Gasteiger partial charge >= 0.3 is 0 Å². The topological polar surface area (TPSA) is 82.9 Å². The second kappa shape index (κ2) is 11.6. The quantitative estimate of drug-likeness (QED) is 0.468. The number of carbonyl (C=O) groups excluding carboxylic acids is 2. The molecule has 9 heteroatoms. The van der Waals surface area contributed by atoms with Crippen molar-refractivity contribution in [2.24, 2.45) is 10.2 Å². The monoisotopic (exact) mass is 450 g/mol. The Morgan fingerprint density at radius 3 is 1.59 bits per heavy atom. The Morgan fingerprint density at radius 1 is 0.828 bits per heavy atom. The SMILES string of the molecule is C[C@H](S[C@@H](C)C(=O)N/N=C/c1ccccc1Cl)C(=O)N/N=C\c1ccccc1Cl. The molecule has 2 atom stereocenters. The smallest absolute Gasteiger partial charge is 0.252 e. The minimum Gasteiger partial charge on any atom is -0.272 e. The summed E-state index contributed by atoms with van der Waals surface area (Å²) in [6.45, 7) is 3.39. The molecule has 0 aromatic heterocycles. The molecule has 0 aliphatic heterocycles. The Morgan fingerprint density at radius 2 is 1.21 bits per heavy atom. The molecule has 6 nitrogen and oxygen atoms in total. The lowest BCUT2D eigenvalue weighted by molar-refractivity contribution is -0.120. The second-order valence-electron chi connectivity index (χ2n) is 5.93. The number of hydrogen-bond donors (Lipinski definition) is 2. The van der Waals surface area contributed by atoms with E-state index in [1.54, 1.807) is 38.1 Å². The van der Waals surface area contributed by atoms with Gasteiger partial charge in [-0.3, -0.25) is 9.59 Å². The summed E-state index contributed by atoms with van der Waals surface area (Å²) in [5.74, 6) is -0.643. The van der Waals surface area contributed by atoms with Gasteiger partial charge in [-0.05, 0) is 26.0 Å². The number of hydrazone groups is 2. The van der Waals surface area contributed by atoms with E-state index in [1.807, 2.05) is 24.3 Å². The van der Waals surface area contributed by atoms with Gasteiger partial charge in [-0.25, -0.2) is 10.9 Å². The van der Waals surface area contributed by atoms with Crippen molar-refractivity contribution in [3.05, 3.63) is 69.7 Å². The predicted molar refractivity (Wildman–Crippen MR) is 121 cm³/mol. The first-order valence-electron chi connectivity index (χ1n) is 8.69. The number of amides is 2. The van der Waals surface area contributed by atoms with Crippen molar-refractivity contribution in [1.82, 2.24) is 10.9 Å².